The van der Waals surface area contributed by atoms with Crippen LogP contribution in [0.4, 0.5) is 0 Å². The van der Waals surface area contributed by atoms with E-state index in [2.05, 4.69) is 13.2 Å². The average Bonchev–Trinajstić information content (AvgIpc) is 2.18. The van der Waals surface area contributed by atoms with Crippen LogP contribution in [0.3, 0.4) is 0 Å². The van der Waals surface area contributed by atoms with Crippen molar-refractivity contribution in [2.45, 2.75) is 13.8 Å². The van der Waals surface area contributed by atoms with E-state index in [4.69, 9.17) is 4.74 Å². The molecule has 1 nitrogen and oxygen atoms in total. The van der Waals surface area contributed by atoms with E-state index in [0.717, 1.165) is 17.3 Å². The third-order valence-electron chi connectivity index (χ3n) is 0.993. The van der Waals surface area contributed by atoms with E-state index in [9.17, 15) is 0 Å². The molecule has 0 spiro atoms. The number of allylic oxidation sites excluding steroid dienone is 3. The molecule has 0 bridgehead atoms. The Morgan fingerprint density at radius 3 is 2.54 bits per heavy atom. The second-order valence-electron chi connectivity index (χ2n) is 1.90. The first-order valence-electron chi connectivity index (χ1n) is 4.41. The minimum absolute atomic E-state index is 0.769. The summed E-state index contributed by atoms with van der Waals surface area (Å²) >= 11 is 1.69. The first-order valence-corrected chi connectivity index (χ1v) is 5.39. The lowest BCUT2D eigenvalue weighted by molar-refractivity contribution is 0.219. The maximum absolute atomic E-state index is 4.89. The van der Waals surface area contributed by atoms with Crippen molar-refractivity contribution in [2.24, 2.45) is 0 Å². The smallest absolute Gasteiger partial charge is 0.0556 e. The summed E-state index contributed by atoms with van der Waals surface area (Å²) in [5.74, 6) is 0.955. The molecule has 2 heteroatoms. The van der Waals surface area contributed by atoms with Crippen molar-refractivity contribution in [2.75, 3.05) is 19.5 Å². The van der Waals surface area contributed by atoms with E-state index in [1.165, 1.54) is 0 Å². The second kappa shape index (κ2) is 14.1. The largest absolute Gasteiger partial charge is 0.384 e. The van der Waals surface area contributed by atoms with Crippen molar-refractivity contribution in [3.05, 3.63) is 36.3 Å². The molecule has 0 amide bonds. The monoisotopic (exact) mass is 200 g/mol. The molecule has 0 aromatic rings. The number of ether oxygens (including phenoxy) is 1. The zero-order chi connectivity index (χ0) is 10.5. The van der Waals surface area contributed by atoms with Gasteiger partial charge in [0, 0.05) is 17.8 Å². The summed E-state index contributed by atoms with van der Waals surface area (Å²) in [4.78, 5) is 1.04. The van der Waals surface area contributed by atoms with Crippen molar-refractivity contribution in [1.29, 1.82) is 0 Å². The first-order chi connectivity index (χ1) is 6.31. The van der Waals surface area contributed by atoms with Gasteiger partial charge in [-0.1, -0.05) is 39.2 Å². The second-order valence-corrected chi connectivity index (χ2v) is 3.12. The molecule has 0 radical (unpaired) electrons. The summed E-state index contributed by atoms with van der Waals surface area (Å²) in [5, 5.41) is 0. The molecule has 0 N–H and O–H groups in total. The molecule has 0 aromatic carbocycles. The molecule has 0 aliphatic carbocycles. The normalized spacial score (nSPS) is 9.15. The molecular formula is C11H20OS. The topological polar surface area (TPSA) is 9.23 Å². The van der Waals surface area contributed by atoms with Gasteiger partial charge in [-0.05, 0) is 6.08 Å². The fourth-order valence-corrected chi connectivity index (χ4v) is 1.17. The van der Waals surface area contributed by atoms with Gasteiger partial charge in [0.15, 0.2) is 0 Å². The van der Waals surface area contributed by atoms with Crippen LogP contribution in [0.25, 0.3) is 0 Å². The van der Waals surface area contributed by atoms with E-state index in [1.807, 2.05) is 26.0 Å². The molecule has 0 unspecified atom stereocenters. The van der Waals surface area contributed by atoms with Crippen molar-refractivity contribution in [3.8, 4) is 0 Å². The Balaban J connectivity index is 0. The summed E-state index contributed by atoms with van der Waals surface area (Å²) in [5.41, 5.74) is 0. The van der Waals surface area contributed by atoms with Gasteiger partial charge in [0.2, 0.25) is 0 Å². The molecule has 0 fully saturated rings. The van der Waals surface area contributed by atoms with Crippen LogP contribution < -0.4 is 0 Å². The van der Waals surface area contributed by atoms with Crippen LogP contribution in [-0.4, -0.2) is 19.5 Å². The molecule has 0 heterocycles. The number of methoxy groups -OCH3 is 1. The van der Waals surface area contributed by atoms with Crippen LogP contribution in [-0.2, 0) is 4.74 Å². The Kier molecular flexibility index (Phi) is 16.3. The molecular weight excluding hydrogens is 180 g/mol. The predicted molar refractivity (Wildman–Crippen MR) is 64.2 cm³/mol. The lowest BCUT2D eigenvalue weighted by Gasteiger charge is -1.97. The molecule has 0 atom stereocenters. The minimum Gasteiger partial charge on any atom is -0.384 e. The van der Waals surface area contributed by atoms with Gasteiger partial charge >= 0.3 is 0 Å². The Hall–Kier alpha value is -0.470. The maximum atomic E-state index is 4.89. The van der Waals surface area contributed by atoms with Gasteiger partial charge in [-0.25, -0.2) is 0 Å². The summed E-state index contributed by atoms with van der Waals surface area (Å²) in [6.07, 6.45) is 5.55. The third kappa shape index (κ3) is 14.4. The molecule has 76 valence electrons. The fraction of sp³-hybridized carbons (Fsp3) is 0.455. The van der Waals surface area contributed by atoms with Crippen LogP contribution in [0, 0.1) is 0 Å². The SMILES string of the molecule is C=C/C=C\C(=C)SCCOC.CC. The van der Waals surface area contributed by atoms with Gasteiger partial charge in [0.1, 0.15) is 0 Å². The molecule has 0 aliphatic heterocycles. The van der Waals surface area contributed by atoms with Gasteiger partial charge in [0.25, 0.3) is 0 Å². The van der Waals surface area contributed by atoms with Gasteiger partial charge in [-0.3, -0.25) is 0 Å². The standard InChI is InChI=1S/C9H14OS.C2H6/c1-4-5-6-9(2)11-8-7-10-3;1-2/h4-6H,1-2,7-8H2,3H3;1-2H3/b6-5-;. The molecule has 0 saturated carbocycles. The van der Waals surface area contributed by atoms with Crippen LogP contribution in [0.2, 0.25) is 0 Å². The highest BCUT2D eigenvalue weighted by atomic mass is 32.2. The Labute approximate surface area is 86.6 Å². The quantitative estimate of drug-likeness (QED) is 0.478. The number of rotatable bonds is 6. The van der Waals surface area contributed by atoms with E-state index in [1.54, 1.807) is 24.9 Å². The fourth-order valence-electron chi connectivity index (χ4n) is 0.480. The van der Waals surface area contributed by atoms with Gasteiger partial charge in [0.05, 0.1) is 6.61 Å². The van der Waals surface area contributed by atoms with Crippen molar-refractivity contribution in [3.63, 3.8) is 0 Å². The molecule has 0 rings (SSSR count). The summed E-state index contributed by atoms with van der Waals surface area (Å²) in [7, 11) is 1.70. The van der Waals surface area contributed by atoms with Gasteiger partial charge in [-0.2, -0.15) is 0 Å². The molecule has 0 aliphatic rings. The summed E-state index contributed by atoms with van der Waals surface area (Å²) < 4.78 is 4.89. The maximum Gasteiger partial charge on any atom is 0.0556 e. The third-order valence-corrected chi connectivity index (χ3v) is 1.87. The highest BCUT2D eigenvalue weighted by Gasteiger charge is 1.88. The Morgan fingerprint density at radius 1 is 1.46 bits per heavy atom. The number of hydrogen-bond acceptors (Lipinski definition) is 2. The number of thioether (sulfide) groups is 1. The Morgan fingerprint density at radius 2 is 2.08 bits per heavy atom. The van der Waals surface area contributed by atoms with Crippen molar-refractivity contribution in [1.82, 2.24) is 0 Å². The predicted octanol–water partition coefficient (Wildman–Crippen LogP) is 3.65. The lowest BCUT2D eigenvalue weighted by atomic mass is 10.5. The number of hydrogen-bond donors (Lipinski definition) is 0. The highest BCUT2D eigenvalue weighted by molar-refractivity contribution is 8.03. The van der Waals surface area contributed by atoms with E-state index in [0.29, 0.717) is 0 Å². The van der Waals surface area contributed by atoms with E-state index >= 15 is 0 Å². The van der Waals surface area contributed by atoms with Crippen LogP contribution in [0.5, 0.6) is 0 Å². The van der Waals surface area contributed by atoms with Gasteiger partial charge in [-0.15, -0.1) is 11.8 Å². The average molecular weight is 200 g/mol. The van der Waals surface area contributed by atoms with Gasteiger partial charge < -0.3 is 4.74 Å². The van der Waals surface area contributed by atoms with Crippen LogP contribution in [0.1, 0.15) is 13.8 Å². The molecule has 0 saturated heterocycles. The van der Waals surface area contributed by atoms with Crippen molar-refractivity contribution < 1.29 is 4.74 Å². The van der Waals surface area contributed by atoms with E-state index in [-0.39, 0.29) is 0 Å². The Bertz CT molecular complexity index is 150. The first kappa shape index (κ1) is 15.0. The lowest BCUT2D eigenvalue weighted by Crippen LogP contribution is -1.90. The summed E-state index contributed by atoms with van der Waals surface area (Å²) in [6.45, 7) is 12.2. The van der Waals surface area contributed by atoms with Crippen molar-refractivity contribution >= 4 is 11.8 Å². The highest BCUT2D eigenvalue weighted by Crippen LogP contribution is 2.13. The summed E-state index contributed by atoms with van der Waals surface area (Å²) in [6, 6.07) is 0. The van der Waals surface area contributed by atoms with Crippen LogP contribution in [0.15, 0.2) is 36.3 Å². The zero-order valence-electron chi connectivity index (χ0n) is 8.88. The minimum atomic E-state index is 0.769. The van der Waals surface area contributed by atoms with E-state index < -0.39 is 0 Å². The molecule has 13 heavy (non-hydrogen) atoms. The molecule has 0 aromatic heterocycles. The van der Waals surface area contributed by atoms with Crippen LogP contribution >= 0.6 is 11.8 Å². The zero-order valence-corrected chi connectivity index (χ0v) is 9.69.